The molecular weight excluding hydrogens is 275 g/mol. The van der Waals surface area contributed by atoms with Gasteiger partial charge in [-0.3, -0.25) is 0 Å². The minimum atomic E-state index is -2.27. The fourth-order valence-electron chi connectivity index (χ4n) is 0.270. The SMILES string of the molecule is O=C(O)C(O)C(O)C(=O)O.[H-].[H-].[H-].[H-].[H-].[K+].[Na+].[Na+].[Na+].[Na+]. The normalized spacial score (nSPS) is 10.5. The zero-order valence-corrected chi connectivity index (χ0v) is 20.9. The summed E-state index contributed by atoms with van der Waals surface area (Å²) >= 11 is 0. The number of aliphatic hydroxyl groups is 2. The van der Waals surface area contributed by atoms with Gasteiger partial charge in [0.15, 0.2) is 12.2 Å². The summed E-state index contributed by atoms with van der Waals surface area (Å²) in [6.07, 6.45) is -4.53. The molecule has 0 aliphatic rings. The van der Waals surface area contributed by atoms with E-state index in [1.54, 1.807) is 0 Å². The number of aliphatic carboxylic acids is 2. The van der Waals surface area contributed by atoms with E-state index in [2.05, 4.69) is 0 Å². The summed E-state index contributed by atoms with van der Waals surface area (Å²) in [4.78, 5) is 19.5. The molecule has 0 aromatic rings. The Hall–Kier alpha value is 4.50. The van der Waals surface area contributed by atoms with Crippen LogP contribution in [0.4, 0.5) is 0 Å². The Labute approximate surface area is 225 Å². The Morgan fingerprint density at radius 2 is 0.933 bits per heavy atom. The van der Waals surface area contributed by atoms with Crippen molar-refractivity contribution in [2.45, 2.75) is 12.2 Å². The largest absolute Gasteiger partial charge is 1.00 e. The van der Waals surface area contributed by atoms with Crippen molar-refractivity contribution >= 4 is 11.9 Å². The smallest absolute Gasteiger partial charge is 1.00 e. The van der Waals surface area contributed by atoms with Crippen LogP contribution in [0.25, 0.3) is 0 Å². The summed E-state index contributed by atoms with van der Waals surface area (Å²) in [6, 6.07) is 0. The molecule has 0 saturated heterocycles. The van der Waals surface area contributed by atoms with Crippen LogP contribution in [0.2, 0.25) is 0 Å². The molecule has 2 unspecified atom stereocenters. The maximum Gasteiger partial charge on any atom is 1.00 e. The van der Waals surface area contributed by atoms with Crippen LogP contribution in [-0.2, 0) is 9.59 Å². The number of hydrogen-bond acceptors (Lipinski definition) is 4. The number of aliphatic hydroxyl groups excluding tert-OH is 2. The molecule has 0 aromatic carbocycles. The van der Waals surface area contributed by atoms with Crippen LogP contribution >= 0.6 is 0 Å². The maximum atomic E-state index is 9.77. The summed E-state index contributed by atoms with van der Waals surface area (Å²) < 4.78 is 0. The fraction of sp³-hybridized carbons (Fsp3) is 0.500. The average molecular weight is 286 g/mol. The third-order valence-corrected chi connectivity index (χ3v) is 0.805. The van der Waals surface area contributed by atoms with Gasteiger partial charge in [-0.1, -0.05) is 0 Å². The zero-order chi connectivity index (χ0) is 8.31. The molecule has 15 heavy (non-hydrogen) atoms. The molecule has 4 N–H and O–H groups in total. The molecule has 0 bridgehead atoms. The van der Waals surface area contributed by atoms with Crippen molar-refractivity contribution in [1.29, 1.82) is 0 Å². The molecule has 0 rings (SSSR count). The first-order valence-corrected chi connectivity index (χ1v) is 2.28. The van der Waals surface area contributed by atoms with Gasteiger partial charge in [0.2, 0.25) is 0 Å². The van der Waals surface area contributed by atoms with Gasteiger partial charge in [0.05, 0.1) is 0 Å². The van der Waals surface area contributed by atoms with Crippen LogP contribution in [0.5, 0.6) is 0 Å². The van der Waals surface area contributed by atoms with E-state index in [4.69, 9.17) is 20.4 Å². The van der Waals surface area contributed by atoms with E-state index in [0.29, 0.717) is 0 Å². The van der Waals surface area contributed by atoms with Gasteiger partial charge in [0, 0.05) is 0 Å². The number of carboxylic acid groups (broad SMARTS) is 2. The molecule has 0 fully saturated rings. The molecule has 0 aliphatic heterocycles. The number of carbonyl (C=O) groups is 2. The van der Waals surface area contributed by atoms with Crippen LogP contribution in [-0.4, -0.2) is 44.6 Å². The summed E-state index contributed by atoms with van der Waals surface area (Å²) in [5, 5.41) is 32.5. The van der Waals surface area contributed by atoms with Gasteiger partial charge in [0.1, 0.15) is 0 Å². The number of hydrogen-bond donors (Lipinski definition) is 4. The maximum absolute atomic E-state index is 9.77. The molecule has 0 spiro atoms. The molecule has 68 valence electrons. The average Bonchev–Trinajstić information content (AvgIpc) is 1.84. The fourth-order valence-corrected chi connectivity index (χ4v) is 0.270. The van der Waals surface area contributed by atoms with Gasteiger partial charge in [-0.05, 0) is 0 Å². The topological polar surface area (TPSA) is 115 Å². The van der Waals surface area contributed by atoms with Crippen molar-refractivity contribution < 1.29 is 207 Å². The zero-order valence-electron chi connectivity index (χ0n) is 14.8. The molecule has 11 heteroatoms. The van der Waals surface area contributed by atoms with Gasteiger partial charge < -0.3 is 27.6 Å². The molecule has 0 saturated carbocycles. The van der Waals surface area contributed by atoms with Crippen molar-refractivity contribution in [2.75, 3.05) is 0 Å². The van der Waals surface area contributed by atoms with Gasteiger partial charge in [-0.25, -0.2) is 9.59 Å². The van der Waals surface area contributed by atoms with Crippen LogP contribution in [0.3, 0.4) is 0 Å². The minimum absolute atomic E-state index is 0. The van der Waals surface area contributed by atoms with E-state index in [-0.39, 0.29) is 177 Å². The van der Waals surface area contributed by atoms with E-state index in [1.807, 2.05) is 0 Å². The number of carboxylic acids is 2. The Bertz CT molecular complexity index is 167. The second-order valence-corrected chi connectivity index (χ2v) is 1.57. The van der Waals surface area contributed by atoms with E-state index in [9.17, 15) is 9.59 Å². The van der Waals surface area contributed by atoms with Crippen molar-refractivity contribution in [3.05, 3.63) is 0 Å². The third-order valence-electron chi connectivity index (χ3n) is 0.805. The van der Waals surface area contributed by atoms with E-state index < -0.39 is 24.1 Å². The molecule has 0 heterocycles. The van der Waals surface area contributed by atoms with Crippen LogP contribution < -0.4 is 170 Å². The predicted molar refractivity (Wildman–Crippen MR) is 32.8 cm³/mol. The Balaban J connectivity index is -0.00000000900. The standard InChI is InChI=1S/C4H6O6.K.4Na.5H/c5-1(3(7)8)2(6)4(9)10;;;;;;;;;;/h1-2,5-6H,(H,7,8)(H,9,10);;;;;;;;;;/q;5*+1;5*-1. The number of rotatable bonds is 3. The van der Waals surface area contributed by atoms with E-state index >= 15 is 0 Å². The first kappa shape index (κ1) is 36.6. The molecule has 0 amide bonds. The van der Waals surface area contributed by atoms with Gasteiger partial charge in [0.25, 0.3) is 0 Å². The van der Waals surface area contributed by atoms with Gasteiger partial charge >= 0.3 is 182 Å². The van der Waals surface area contributed by atoms with Crippen molar-refractivity contribution in [3.63, 3.8) is 0 Å². The molecule has 2 atom stereocenters. The van der Waals surface area contributed by atoms with E-state index in [1.165, 1.54) is 0 Å². The van der Waals surface area contributed by atoms with Crippen molar-refractivity contribution in [2.24, 2.45) is 0 Å². The van der Waals surface area contributed by atoms with Crippen LogP contribution in [0, 0.1) is 0 Å². The Morgan fingerprint density at radius 1 is 0.800 bits per heavy atom. The molecular formula is C4H11KNa4O6. The molecule has 0 aromatic heterocycles. The minimum Gasteiger partial charge on any atom is -1.00 e. The molecule has 6 nitrogen and oxygen atoms in total. The summed E-state index contributed by atoms with van der Waals surface area (Å²) in [5.74, 6) is -3.54. The van der Waals surface area contributed by atoms with Crippen molar-refractivity contribution in [1.82, 2.24) is 0 Å². The predicted octanol–water partition coefficient (Wildman–Crippen LogP) is -16.5. The molecule has 0 aliphatic carbocycles. The second kappa shape index (κ2) is 20.8. The Kier molecular flexibility index (Phi) is 50.8. The summed E-state index contributed by atoms with van der Waals surface area (Å²) in [7, 11) is 0. The van der Waals surface area contributed by atoms with Crippen LogP contribution in [0.1, 0.15) is 7.13 Å². The summed E-state index contributed by atoms with van der Waals surface area (Å²) in [5.41, 5.74) is 0. The quantitative estimate of drug-likeness (QED) is 0.383. The monoisotopic (exact) mass is 286 g/mol. The summed E-state index contributed by atoms with van der Waals surface area (Å²) in [6.45, 7) is 0. The first-order chi connectivity index (χ1) is 4.46. The first-order valence-electron chi connectivity index (χ1n) is 2.28. The Morgan fingerprint density at radius 3 is 1.00 bits per heavy atom. The van der Waals surface area contributed by atoms with Gasteiger partial charge in [-0.2, -0.15) is 0 Å². The van der Waals surface area contributed by atoms with E-state index in [0.717, 1.165) is 0 Å². The molecule has 0 radical (unpaired) electrons. The van der Waals surface area contributed by atoms with Crippen LogP contribution in [0.15, 0.2) is 0 Å². The third kappa shape index (κ3) is 18.5. The van der Waals surface area contributed by atoms with Gasteiger partial charge in [-0.15, -0.1) is 0 Å². The van der Waals surface area contributed by atoms with Crippen molar-refractivity contribution in [3.8, 4) is 0 Å². The second-order valence-electron chi connectivity index (χ2n) is 1.57.